The molecule has 0 aliphatic carbocycles. The zero-order valence-corrected chi connectivity index (χ0v) is 11.2. The van der Waals surface area contributed by atoms with Crippen molar-refractivity contribution in [3.63, 3.8) is 0 Å². The summed E-state index contributed by atoms with van der Waals surface area (Å²) in [6, 6.07) is 8.53. The minimum absolute atomic E-state index is 0.00802. The van der Waals surface area contributed by atoms with Crippen molar-refractivity contribution in [2.45, 2.75) is 11.1 Å². The fraction of sp³-hybridized carbons (Fsp3) is 0.0769. The second kappa shape index (κ2) is 5.28. The summed E-state index contributed by atoms with van der Waals surface area (Å²) in [5.41, 5.74) is -0.880. The molecule has 0 unspecified atom stereocenters. The molecule has 0 saturated heterocycles. The molecule has 0 heterocycles. The first kappa shape index (κ1) is 15.2. The van der Waals surface area contributed by atoms with Crippen molar-refractivity contribution in [2.75, 3.05) is 4.72 Å². The molecule has 0 aliphatic rings. The first-order chi connectivity index (χ1) is 9.68. The Balaban J connectivity index is 2.25. The number of phenols is 1. The highest BCUT2D eigenvalue weighted by Gasteiger charge is 2.30. The molecule has 0 saturated carbocycles. The van der Waals surface area contributed by atoms with Crippen molar-refractivity contribution < 1.29 is 26.7 Å². The van der Waals surface area contributed by atoms with Gasteiger partial charge in [0.1, 0.15) is 5.75 Å². The van der Waals surface area contributed by atoms with Crippen LogP contribution >= 0.6 is 0 Å². The lowest BCUT2D eigenvalue weighted by atomic mass is 10.2. The van der Waals surface area contributed by atoms with E-state index in [1.54, 1.807) is 0 Å². The van der Waals surface area contributed by atoms with E-state index >= 15 is 0 Å². The van der Waals surface area contributed by atoms with Crippen molar-refractivity contribution >= 4 is 15.7 Å². The maximum absolute atomic E-state index is 12.4. The third-order valence-electron chi connectivity index (χ3n) is 2.59. The molecule has 8 heteroatoms. The molecule has 0 radical (unpaired) electrons. The average molecular weight is 317 g/mol. The topological polar surface area (TPSA) is 66.4 Å². The average Bonchev–Trinajstić information content (AvgIpc) is 2.38. The van der Waals surface area contributed by atoms with E-state index in [2.05, 4.69) is 4.72 Å². The summed E-state index contributed by atoms with van der Waals surface area (Å²) in [6.07, 6.45) is -4.48. The summed E-state index contributed by atoms with van der Waals surface area (Å²) in [6.45, 7) is 0. The van der Waals surface area contributed by atoms with Gasteiger partial charge < -0.3 is 5.11 Å². The lowest BCUT2D eigenvalue weighted by Gasteiger charge is -2.10. The van der Waals surface area contributed by atoms with Crippen LogP contribution in [0.1, 0.15) is 5.56 Å². The normalized spacial score (nSPS) is 12.1. The van der Waals surface area contributed by atoms with Gasteiger partial charge in [-0.1, -0.05) is 6.07 Å². The zero-order valence-electron chi connectivity index (χ0n) is 10.4. The number of rotatable bonds is 3. The first-order valence-electron chi connectivity index (χ1n) is 5.67. The summed E-state index contributed by atoms with van der Waals surface area (Å²) in [4.78, 5) is -0.192. The Bertz CT molecular complexity index is 740. The molecule has 0 spiro atoms. The number of hydrogen-bond donors (Lipinski definition) is 2. The lowest BCUT2D eigenvalue weighted by molar-refractivity contribution is -0.137. The van der Waals surface area contributed by atoms with Crippen LogP contribution in [0.5, 0.6) is 5.75 Å². The Morgan fingerprint density at radius 3 is 2.14 bits per heavy atom. The molecule has 0 aromatic heterocycles. The van der Waals surface area contributed by atoms with Crippen LogP contribution in [0.4, 0.5) is 18.9 Å². The Morgan fingerprint density at radius 2 is 1.62 bits per heavy atom. The maximum Gasteiger partial charge on any atom is 0.416 e. The fourth-order valence-corrected chi connectivity index (χ4v) is 2.69. The number of halogens is 3. The number of benzene rings is 2. The third-order valence-corrected chi connectivity index (χ3v) is 3.97. The van der Waals surface area contributed by atoms with Gasteiger partial charge in [-0.25, -0.2) is 8.42 Å². The molecule has 0 atom stereocenters. The number of aromatic hydroxyl groups is 1. The van der Waals surface area contributed by atoms with Crippen molar-refractivity contribution in [1.82, 2.24) is 0 Å². The molecule has 0 amide bonds. The van der Waals surface area contributed by atoms with E-state index in [9.17, 15) is 26.7 Å². The van der Waals surface area contributed by atoms with Gasteiger partial charge in [0.05, 0.1) is 10.5 Å². The number of anilines is 1. The van der Waals surface area contributed by atoms with Gasteiger partial charge in [-0.05, 0) is 36.4 Å². The van der Waals surface area contributed by atoms with E-state index in [-0.39, 0.29) is 16.3 Å². The van der Waals surface area contributed by atoms with Gasteiger partial charge in [0.2, 0.25) is 0 Å². The van der Waals surface area contributed by atoms with Crippen molar-refractivity contribution in [1.29, 1.82) is 0 Å². The predicted octanol–water partition coefficient (Wildman–Crippen LogP) is 3.21. The Hall–Kier alpha value is -2.22. The van der Waals surface area contributed by atoms with E-state index in [0.29, 0.717) is 0 Å². The van der Waals surface area contributed by atoms with Crippen LogP contribution in [-0.2, 0) is 16.2 Å². The second-order valence-corrected chi connectivity index (χ2v) is 5.86. The number of sulfonamides is 1. The van der Waals surface area contributed by atoms with E-state index in [1.807, 2.05) is 0 Å². The molecule has 0 aliphatic heterocycles. The van der Waals surface area contributed by atoms with Crippen molar-refractivity contribution in [2.24, 2.45) is 0 Å². The van der Waals surface area contributed by atoms with Gasteiger partial charge in [-0.2, -0.15) is 13.2 Å². The molecular weight excluding hydrogens is 307 g/mol. The van der Waals surface area contributed by atoms with Gasteiger partial charge in [-0.15, -0.1) is 0 Å². The lowest BCUT2D eigenvalue weighted by Crippen LogP contribution is -2.13. The van der Waals surface area contributed by atoms with Crippen LogP contribution in [0.2, 0.25) is 0 Å². The number of phenolic OH excluding ortho intramolecular Hbond substituents is 1. The molecule has 112 valence electrons. The van der Waals surface area contributed by atoms with Gasteiger partial charge in [0.15, 0.2) is 0 Å². The number of nitrogens with one attached hydrogen (secondary N) is 1. The third kappa shape index (κ3) is 3.66. The highest BCUT2D eigenvalue weighted by atomic mass is 32.2. The van der Waals surface area contributed by atoms with Crippen LogP contribution < -0.4 is 4.72 Å². The SMILES string of the molecule is O=S(=O)(Nc1ccc(C(F)(F)F)cc1)c1cccc(O)c1. The summed E-state index contributed by atoms with van der Waals surface area (Å²) in [5.74, 6) is -0.231. The predicted molar refractivity (Wildman–Crippen MR) is 70.4 cm³/mol. The van der Waals surface area contributed by atoms with Gasteiger partial charge in [0, 0.05) is 11.8 Å². The molecular formula is C13H10F3NO3S. The van der Waals surface area contributed by atoms with Crippen molar-refractivity contribution in [3.05, 3.63) is 54.1 Å². The van der Waals surface area contributed by atoms with Crippen LogP contribution in [-0.4, -0.2) is 13.5 Å². The van der Waals surface area contributed by atoms with Crippen LogP contribution in [0.15, 0.2) is 53.4 Å². The molecule has 4 nitrogen and oxygen atoms in total. The smallest absolute Gasteiger partial charge is 0.416 e. The van der Waals surface area contributed by atoms with E-state index in [1.165, 1.54) is 18.2 Å². The van der Waals surface area contributed by atoms with Gasteiger partial charge >= 0.3 is 6.18 Å². The maximum atomic E-state index is 12.4. The molecule has 0 bridgehead atoms. The highest BCUT2D eigenvalue weighted by Crippen LogP contribution is 2.30. The largest absolute Gasteiger partial charge is 0.508 e. The number of hydrogen-bond acceptors (Lipinski definition) is 3. The Labute approximate surface area is 118 Å². The standard InChI is InChI=1S/C13H10F3NO3S/c14-13(15,16)9-4-6-10(7-5-9)17-21(19,20)12-3-1-2-11(18)8-12/h1-8,17-18H. The molecule has 2 N–H and O–H groups in total. The first-order valence-corrected chi connectivity index (χ1v) is 7.16. The molecule has 0 fully saturated rings. The summed E-state index contributed by atoms with van der Waals surface area (Å²) >= 11 is 0. The Kier molecular flexibility index (Phi) is 3.82. The summed E-state index contributed by atoms with van der Waals surface area (Å²) in [5, 5.41) is 9.25. The molecule has 2 aromatic rings. The number of alkyl halides is 3. The monoisotopic (exact) mass is 317 g/mol. The van der Waals surface area contributed by atoms with Crippen LogP contribution in [0.25, 0.3) is 0 Å². The summed E-state index contributed by atoms with van der Waals surface area (Å²) in [7, 11) is -3.98. The van der Waals surface area contributed by atoms with E-state index < -0.39 is 21.8 Å². The quantitative estimate of drug-likeness (QED) is 0.913. The van der Waals surface area contributed by atoms with Crippen LogP contribution in [0, 0.1) is 0 Å². The van der Waals surface area contributed by atoms with E-state index in [4.69, 9.17) is 0 Å². The van der Waals surface area contributed by atoms with Crippen molar-refractivity contribution in [3.8, 4) is 5.75 Å². The molecule has 2 aromatic carbocycles. The highest BCUT2D eigenvalue weighted by molar-refractivity contribution is 7.92. The van der Waals surface area contributed by atoms with Gasteiger partial charge in [0.25, 0.3) is 10.0 Å². The fourth-order valence-electron chi connectivity index (χ4n) is 1.59. The summed E-state index contributed by atoms with van der Waals surface area (Å²) < 4.78 is 63.3. The minimum atomic E-state index is -4.48. The second-order valence-electron chi connectivity index (χ2n) is 4.18. The minimum Gasteiger partial charge on any atom is -0.508 e. The van der Waals surface area contributed by atoms with E-state index in [0.717, 1.165) is 30.3 Å². The van der Waals surface area contributed by atoms with Gasteiger partial charge in [-0.3, -0.25) is 4.72 Å². The molecule has 2 rings (SSSR count). The molecule has 21 heavy (non-hydrogen) atoms. The van der Waals surface area contributed by atoms with Crippen LogP contribution in [0.3, 0.4) is 0 Å². The Morgan fingerprint density at radius 1 is 1.00 bits per heavy atom. The zero-order chi connectivity index (χ0) is 15.7.